The molecular formula is C22H18BrN3O3. The van der Waals surface area contributed by atoms with Gasteiger partial charge in [0.25, 0.3) is 5.91 Å². The van der Waals surface area contributed by atoms with Crippen molar-refractivity contribution in [1.29, 1.82) is 0 Å². The highest BCUT2D eigenvalue weighted by Gasteiger charge is 2.40. The minimum absolute atomic E-state index is 0.217. The maximum Gasteiger partial charge on any atom is 0.253 e. The van der Waals surface area contributed by atoms with E-state index < -0.39 is 11.8 Å². The van der Waals surface area contributed by atoms with E-state index in [0.717, 1.165) is 15.6 Å². The lowest BCUT2D eigenvalue weighted by atomic mass is 9.88. The minimum Gasteiger partial charge on any atom is -0.455 e. The molecule has 2 atom stereocenters. The molecule has 0 radical (unpaired) electrons. The highest BCUT2D eigenvalue weighted by atomic mass is 79.9. The highest BCUT2D eigenvalue weighted by molar-refractivity contribution is 9.10. The van der Waals surface area contributed by atoms with Gasteiger partial charge in [-0.25, -0.2) is 5.43 Å². The van der Waals surface area contributed by atoms with Gasteiger partial charge in [0.2, 0.25) is 5.91 Å². The average Bonchev–Trinajstić information content (AvgIpc) is 3.35. The normalized spacial score (nSPS) is 18.7. The van der Waals surface area contributed by atoms with Crippen molar-refractivity contribution in [3.8, 4) is 11.3 Å². The molecular weight excluding hydrogens is 434 g/mol. The molecule has 29 heavy (non-hydrogen) atoms. The molecule has 1 saturated heterocycles. The predicted molar refractivity (Wildman–Crippen MR) is 113 cm³/mol. The van der Waals surface area contributed by atoms with E-state index in [1.807, 2.05) is 60.7 Å². The van der Waals surface area contributed by atoms with Gasteiger partial charge in [-0.05, 0) is 29.8 Å². The van der Waals surface area contributed by atoms with Gasteiger partial charge in [-0.2, -0.15) is 5.10 Å². The summed E-state index contributed by atoms with van der Waals surface area (Å²) in [5, 5.41) is 6.72. The lowest BCUT2D eigenvalue weighted by Crippen LogP contribution is -2.34. The van der Waals surface area contributed by atoms with Gasteiger partial charge in [-0.1, -0.05) is 58.4 Å². The predicted octanol–water partition coefficient (Wildman–Crippen LogP) is 3.69. The molecule has 0 aliphatic carbocycles. The van der Waals surface area contributed by atoms with Gasteiger partial charge in [0, 0.05) is 22.5 Å². The Kier molecular flexibility index (Phi) is 5.57. The van der Waals surface area contributed by atoms with Crippen LogP contribution in [0, 0.1) is 5.92 Å². The van der Waals surface area contributed by atoms with Gasteiger partial charge in [-0.3, -0.25) is 9.59 Å². The molecule has 1 aromatic heterocycles. The van der Waals surface area contributed by atoms with E-state index >= 15 is 0 Å². The van der Waals surface area contributed by atoms with E-state index in [4.69, 9.17) is 4.42 Å². The second-order valence-corrected chi connectivity index (χ2v) is 7.60. The van der Waals surface area contributed by atoms with Crippen LogP contribution in [0.1, 0.15) is 17.2 Å². The van der Waals surface area contributed by atoms with Crippen LogP contribution in [0.25, 0.3) is 11.3 Å². The molecule has 7 heteroatoms. The van der Waals surface area contributed by atoms with Gasteiger partial charge in [0.15, 0.2) is 0 Å². The van der Waals surface area contributed by atoms with Crippen molar-refractivity contribution in [3.63, 3.8) is 0 Å². The molecule has 0 bridgehead atoms. The third kappa shape index (κ3) is 4.30. The second-order valence-electron chi connectivity index (χ2n) is 6.69. The maximum absolute atomic E-state index is 12.6. The molecule has 2 aromatic carbocycles. The monoisotopic (exact) mass is 451 g/mol. The van der Waals surface area contributed by atoms with Crippen LogP contribution in [0.15, 0.2) is 80.7 Å². The zero-order valence-corrected chi connectivity index (χ0v) is 16.9. The van der Waals surface area contributed by atoms with Gasteiger partial charge >= 0.3 is 0 Å². The van der Waals surface area contributed by atoms with E-state index in [1.165, 1.54) is 6.21 Å². The number of benzene rings is 2. The SMILES string of the molecule is O=C1NC[C@@H](c2ccccc2)[C@H]1C(=O)N/N=C/c1ccc(-c2cccc(Br)c2)o1. The molecule has 1 aliphatic heterocycles. The van der Waals surface area contributed by atoms with E-state index in [9.17, 15) is 9.59 Å². The Labute approximate surface area is 176 Å². The summed E-state index contributed by atoms with van der Waals surface area (Å²) in [6, 6.07) is 20.9. The summed E-state index contributed by atoms with van der Waals surface area (Å²) in [5.41, 5.74) is 4.33. The van der Waals surface area contributed by atoms with Crippen LogP contribution < -0.4 is 10.7 Å². The van der Waals surface area contributed by atoms with Crippen molar-refractivity contribution in [2.45, 2.75) is 5.92 Å². The molecule has 3 aromatic rings. The number of hydrogen-bond donors (Lipinski definition) is 2. The van der Waals surface area contributed by atoms with Crippen molar-refractivity contribution in [1.82, 2.24) is 10.7 Å². The molecule has 0 saturated carbocycles. The lowest BCUT2D eigenvalue weighted by Gasteiger charge is -2.15. The molecule has 6 nitrogen and oxygen atoms in total. The fourth-order valence-electron chi connectivity index (χ4n) is 3.38. The van der Waals surface area contributed by atoms with E-state index in [0.29, 0.717) is 18.1 Å². The van der Waals surface area contributed by atoms with E-state index in [2.05, 4.69) is 31.8 Å². The number of hydrogen-bond acceptors (Lipinski definition) is 4. The number of furan rings is 1. The number of halogens is 1. The summed E-state index contributed by atoms with van der Waals surface area (Å²) in [6.07, 6.45) is 1.42. The molecule has 1 aliphatic rings. The van der Waals surface area contributed by atoms with Crippen molar-refractivity contribution in [2.75, 3.05) is 6.54 Å². The van der Waals surface area contributed by atoms with Crippen molar-refractivity contribution < 1.29 is 14.0 Å². The quantitative estimate of drug-likeness (QED) is 0.352. The minimum atomic E-state index is -0.816. The molecule has 2 amide bonds. The van der Waals surface area contributed by atoms with Crippen LogP contribution in [0.3, 0.4) is 0 Å². The number of nitrogens with one attached hydrogen (secondary N) is 2. The van der Waals surface area contributed by atoms with Crippen LogP contribution in [0.2, 0.25) is 0 Å². The Bertz CT molecular complexity index is 1060. The maximum atomic E-state index is 12.6. The number of rotatable bonds is 5. The Morgan fingerprint density at radius 2 is 1.97 bits per heavy atom. The molecule has 0 spiro atoms. The first-order valence-corrected chi connectivity index (χ1v) is 9.92. The van der Waals surface area contributed by atoms with Crippen LogP contribution >= 0.6 is 15.9 Å². The molecule has 0 unspecified atom stereocenters. The summed E-state index contributed by atoms with van der Waals surface area (Å²) < 4.78 is 6.70. The van der Waals surface area contributed by atoms with Crippen LogP contribution in [0.5, 0.6) is 0 Å². The first kappa shape index (κ1) is 19.1. The van der Waals surface area contributed by atoms with Crippen molar-refractivity contribution >= 4 is 34.0 Å². The van der Waals surface area contributed by atoms with Gasteiger partial charge in [0.05, 0.1) is 6.21 Å². The first-order valence-electron chi connectivity index (χ1n) is 9.13. The van der Waals surface area contributed by atoms with Crippen LogP contribution in [-0.4, -0.2) is 24.6 Å². The fourth-order valence-corrected chi connectivity index (χ4v) is 3.78. The second kappa shape index (κ2) is 8.45. The first-order chi connectivity index (χ1) is 14.1. The van der Waals surface area contributed by atoms with Gasteiger partial charge < -0.3 is 9.73 Å². The largest absolute Gasteiger partial charge is 0.455 e. The lowest BCUT2D eigenvalue weighted by molar-refractivity contribution is -0.133. The summed E-state index contributed by atoms with van der Waals surface area (Å²) >= 11 is 3.43. The summed E-state index contributed by atoms with van der Waals surface area (Å²) in [4.78, 5) is 24.7. The van der Waals surface area contributed by atoms with Crippen LogP contribution in [-0.2, 0) is 9.59 Å². The summed E-state index contributed by atoms with van der Waals surface area (Å²) in [6.45, 7) is 0.429. The molecule has 2 heterocycles. The molecule has 2 N–H and O–H groups in total. The standard InChI is InChI=1S/C22H18BrN3O3/c23-16-8-4-7-15(11-16)19-10-9-17(29-19)12-25-26-22(28)20-18(13-24-21(20)27)14-5-2-1-3-6-14/h1-12,18,20H,13H2,(H,24,27)(H,26,28)/b25-12+/t18-,20+/m0/s1. The number of hydrazone groups is 1. The van der Waals surface area contributed by atoms with E-state index in [-0.39, 0.29) is 11.8 Å². The van der Waals surface area contributed by atoms with Gasteiger partial charge in [-0.15, -0.1) is 0 Å². The van der Waals surface area contributed by atoms with Crippen LogP contribution in [0.4, 0.5) is 0 Å². The number of amides is 2. The third-order valence-electron chi connectivity index (χ3n) is 4.79. The van der Waals surface area contributed by atoms with E-state index in [1.54, 1.807) is 6.07 Å². The molecule has 146 valence electrons. The number of carbonyl (C=O) groups excluding carboxylic acids is 2. The third-order valence-corrected chi connectivity index (χ3v) is 5.29. The highest BCUT2D eigenvalue weighted by Crippen LogP contribution is 2.29. The summed E-state index contributed by atoms with van der Waals surface area (Å²) in [5.74, 6) is -0.575. The number of carbonyl (C=O) groups is 2. The summed E-state index contributed by atoms with van der Waals surface area (Å²) in [7, 11) is 0. The Balaban J connectivity index is 1.43. The topological polar surface area (TPSA) is 83.7 Å². The number of nitrogens with zero attached hydrogens (tertiary/aromatic N) is 1. The van der Waals surface area contributed by atoms with Gasteiger partial charge in [0.1, 0.15) is 17.4 Å². The van der Waals surface area contributed by atoms with Crippen molar-refractivity contribution in [3.05, 3.63) is 82.5 Å². The smallest absolute Gasteiger partial charge is 0.253 e. The fraction of sp³-hybridized carbons (Fsp3) is 0.136. The average molecular weight is 452 g/mol. The van der Waals surface area contributed by atoms with Crippen molar-refractivity contribution in [2.24, 2.45) is 11.0 Å². The zero-order chi connectivity index (χ0) is 20.2. The molecule has 4 rings (SSSR count). The Morgan fingerprint density at radius 3 is 2.76 bits per heavy atom. The zero-order valence-electron chi connectivity index (χ0n) is 15.3. The molecule has 1 fully saturated rings. The Hall–Kier alpha value is -3.19. The Morgan fingerprint density at radius 1 is 1.14 bits per heavy atom.